The van der Waals surface area contributed by atoms with Gasteiger partial charge in [0.15, 0.2) is 0 Å². The van der Waals surface area contributed by atoms with E-state index in [9.17, 15) is 14.7 Å². The summed E-state index contributed by atoms with van der Waals surface area (Å²) in [4.78, 5) is 23.7. The zero-order valence-corrected chi connectivity index (χ0v) is 11.7. The lowest BCUT2D eigenvalue weighted by molar-refractivity contribution is -0.149. The van der Waals surface area contributed by atoms with Crippen molar-refractivity contribution in [1.82, 2.24) is 5.32 Å². The Labute approximate surface area is 123 Å². The van der Waals surface area contributed by atoms with E-state index >= 15 is 0 Å². The molecule has 0 bridgehead atoms. The van der Waals surface area contributed by atoms with E-state index in [1.165, 1.54) is 0 Å². The second kappa shape index (κ2) is 5.76. The summed E-state index contributed by atoms with van der Waals surface area (Å²) in [5.74, 6) is -1.22. The van der Waals surface area contributed by atoms with Gasteiger partial charge in [0, 0.05) is 5.56 Å². The number of nitrogens with one attached hydrogen (secondary N) is 1. The molecule has 0 saturated heterocycles. The van der Waals surface area contributed by atoms with Gasteiger partial charge in [-0.3, -0.25) is 9.59 Å². The normalized spacial score (nSPS) is 27.5. The Hall–Kier alpha value is -2.04. The summed E-state index contributed by atoms with van der Waals surface area (Å²) in [5.41, 5.74) is 0.966. The van der Waals surface area contributed by atoms with E-state index in [2.05, 4.69) is 5.32 Å². The van der Waals surface area contributed by atoms with Crippen LogP contribution in [0.15, 0.2) is 24.3 Å². The molecule has 0 spiro atoms. The third kappa shape index (κ3) is 2.73. The van der Waals surface area contributed by atoms with Crippen LogP contribution in [0.25, 0.3) is 0 Å². The van der Waals surface area contributed by atoms with Crippen LogP contribution in [0.1, 0.15) is 37.3 Å². The molecule has 3 rings (SSSR count). The Morgan fingerprint density at radius 1 is 1.14 bits per heavy atom. The summed E-state index contributed by atoms with van der Waals surface area (Å²) >= 11 is 0. The summed E-state index contributed by atoms with van der Waals surface area (Å²) in [6.07, 6.45) is 3.04. The Balaban J connectivity index is 1.70. The third-order valence-corrected chi connectivity index (χ3v) is 4.44. The Kier molecular flexibility index (Phi) is 3.82. The van der Waals surface area contributed by atoms with Gasteiger partial charge in [0.2, 0.25) is 5.91 Å². The summed E-state index contributed by atoms with van der Waals surface area (Å²) < 4.78 is 5.54. The lowest BCUT2D eigenvalue weighted by Crippen LogP contribution is -2.41. The van der Waals surface area contributed by atoms with E-state index in [1.807, 2.05) is 24.3 Å². The molecular formula is C16H19NO4. The molecule has 3 atom stereocenters. The second-order valence-electron chi connectivity index (χ2n) is 5.75. The first-order valence-corrected chi connectivity index (χ1v) is 7.41. The van der Waals surface area contributed by atoms with Gasteiger partial charge in [-0.25, -0.2) is 0 Å². The van der Waals surface area contributed by atoms with Crippen molar-refractivity contribution in [3.63, 3.8) is 0 Å². The number of carboxylic acids is 1. The highest BCUT2D eigenvalue weighted by Crippen LogP contribution is 2.34. The molecule has 1 aliphatic carbocycles. The zero-order valence-electron chi connectivity index (χ0n) is 11.7. The molecule has 5 heteroatoms. The molecule has 1 aliphatic heterocycles. The molecule has 1 aromatic carbocycles. The number of rotatable bonds is 3. The number of carbonyl (C=O) groups is 2. The maximum atomic E-state index is 12.4. The van der Waals surface area contributed by atoms with E-state index < -0.39 is 17.8 Å². The molecular weight excluding hydrogens is 270 g/mol. The van der Waals surface area contributed by atoms with E-state index in [0.717, 1.165) is 24.2 Å². The number of fused-ring (bicyclic) bond motifs is 1. The van der Waals surface area contributed by atoms with Crippen LogP contribution in [0.5, 0.6) is 5.75 Å². The third-order valence-electron chi connectivity index (χ3n) is 4.44. The van der Waals surface area contributed by atoms with Gasteiger partial charge in [0.05, 0.1) is 17.9 Å². The van der Waals surface area contributed by atoms with Crippen molar-refractivity contribution < 1.29 is 19.4 Å². The molecule has 5 nitrogen and oxygen atoms in total. The number of ether oxygens (including phenoxy) is 1. The maximum absolute atomic E-state index is 12.4. The van der Waals surface area contributed by atoms with Gasteiger partial charge in [-0.1, -0.05) is 31.0 Å². The number of benzene rings is 1. The van der Waals surface area contributed by atoms with Crippen LogP contribution >= 0.6 is 0 Å². The number of para-hydroxylation sites is 1. The van der Waals surface area contributed by atoms with Gasteiger partial charge in [0.1, 0.15) is 12.4 Å². The van der Waals surface area contributed by atoms with E-state index in [-0.39, 0.29) is 11.9 Å². The molecule has 1 amide bonds. The highest BCUT2D eigenvalue weighted by atomic mass is 16.5. The molecule has 1 heterocycles. The van der Waals surface area contributed by atoms with Crippen LogP contribution in [0.4, 0.5) is 0 Å². The number of amides is 1. The highest BCUT2D eigenvalue weighted by Gasteiger charge is 2.37. The molecule has 2 N–H and O–H groups in total. The van der Waals surface area contributed by atoms with Crippen LogP contribution < -0.4 is 10.1 Å². The van der Waals surface area contributed by atoms with Crippen molar-refractivity contribution in [2.24, 2.45) is 11.8 Å². The predicted octanol–water partition coefficient (Wildman–Crippen LogP) is 2.13. The van der Waals surface area contributed by atoms with Crippen molar-refractivity contribution in [3.05, 3.63) is 29.8 Å². The number of carboxylic acid groups (broad SMARTS) is 1. The fourth-order valence-corrected chi connectivity index (χ4v) is 3.30. The lowest BCUT2D eigenvalue weighted by Gasteiger charge is -2.28. The van der Waals surface area contributed by atoms with E-state index in [0.29, 0.717) is 19.4 Å². The average Bonchev–Trinajstić information content (AvgIpc) is 2.90. The molecule has 21 heavy (non-hydrogen) atoms. The van der Waals surface area contributed by atoms with Gasteiger partial charge in [-0.05, 0) is 18.9 Å². The smallest absolute Gasteiger partial charge is 0.307 e. The molecule has 0 radical (unpaired) electrons. The Morgan fingerprint density at radius 3 is 2.62 bits per heavy atom. The van der Waals surface area contributed by atoms with Gasteiger partial charge in [0.25, 0.3) is 0 Å². The van der Waals surface area contributed by atoms with Gasteiger partial charge >= 0.3 is 5.97 Å². The molecule has 0 aromatic heterocycles. The number of hydrogen-bond donors (Lipinski definition) is 2. The van der Waals surface area contributed by atoms with Crippen molar-refractivity contribution in [3.8, 4) is 5.75 Å². The molecule has 2 aliphatic rings. The van der Waals surface area contributed by atoms with E-state index in [1.54, 1.807) is 0 Å². The molecule has 0 unspecified atom stereocenters. The zero-order chi connectivity index (χ0) is 14.8. The fraction of sp³-hybridized carbons (Fsp3) is 0.500. The predicted molar refractivity (Wildman–Crippen MR) is 75.9 cm³/mol. The SMILES string of the molecule is O=C(O)[C@@H]1CCCC[C@H]1C(=O)N[C@H]1COc2ccccc21. The monoisotopic (exact) mass is 289 g/mol. The van der Waals surface area contributed by atoms with Crippen molar-refractivity contribution in [2.75, 3.05) is 6.61 Å². The molecule has 112 valence electrons. The fourth-order valence-electron chi connectivity index (χ4n) is 3.30. The second-order valence-corrected chi connectivity index (χ2v) is 5.75. The largest absolute Gasteiger partial charge is 0.491 e. The Morgan fingerprint density at radius 2 is 1.86 bits per heavy atom. The van der Waals surface area contributed by atoms with Crippen LogP contribution in [0, 0.1) is 11.8 Å². The van der Waals surface area contributed by atoms with Crippen LogP contribution in [0.3, 0.4) is 0 Å². The minimum atomic E-state index is -0.863. The summed E-state index contributed by atoms with van der Waals surface area (Å²) in [6.45, 7) is 0.412. The van der Waals surface area contributed by atoms with Gasteiger partial charge < -0.3 is 15.2 Å². The van der Waals surface area contributed by atoms with Crippen LogP contribution in [0.2, 0.25) is 0 Å². The summed E-state index contributed by atoms with van der Waals surface area (Å²) in [6, 6.07) is 7.44. The maximum Gasteiger partial charge on any atom is 0.307 e. The Bertz CT molecular complexity index is 557. The molecule has 1 fully saturated rings. The van der Waals surface area contributed by atoms with Crippen LogP contribution in [-0.4, -0.2) is 23.6 Å². The standard InChI is InChI=1S/C16H19NO4/c18-15(10-5-1-2-6-11(10)16(19)20)17-13-9-21-14-8-4-3-7-12(13)14/h3-4,7-8,10-11,13H,1-2,5-6,9H2,(H,17,18)(H,19,20)/t10-,11-,13+/m1/s1. The van der Waals surface area contributed by atoms with Gasteiger partial charge in [-0.15, -0.1) is 0 Å². The topological polar surface area (TPSA) is 75.6 Å². The summed E-state index contributed by atoms with van der Waals surface area (Å²) in [7, 11) is 0. The first-order valence-electron chi connectivity index (χ1n) is 7.41. The van der Waals surface area contributed by atoms with Crippen LogP contribution in [-0.2, 0) is 9.59 Å². The summed E-state index contributed by atoms with van der Waals surface area (Å²) in [5, 5.41) is 12.2. The number of hydrogen-bond acceptors (Lipinski definition) is 3. The number of carbonyl (C=O) groups excluding carboxylic acids is 1. The van der Waals surface area contributed by atoms with Crippen molar-refractivity contribution in [2.45, 2.75) is 31.7 Å². The minimum absolute atomic E-state index is 0.160. The minimum Gasteiger partial charge on any atom is -0.491 e. The lowest BCUT2D eigenvalue weighted by atomic mass is 9.78. The molecule has 1 aromatic rings. The number of aliphatic carboxylic acids is 1. The quantitative estimate of drug-likeness (QED) is 0.893. The van der Waals surface area contributed by atoms with Crippen molar-refractivity contribution >= 4 is 11.9 Å². The van der Waals surface area contributed by atoms with E-state index in [4.69, 9.17) is 4.74 Å². The molecule has 1 saturated carbocycles. The first kappa shape index (κ1) is 13.9. The average molecular weight is 289 g/mol. The highest BCUT2D eigenvalue weighted by molar-refractivity contribution is 5.85. The van der Waals surface area contributed by atoms with Crippen molar-refractivity contribution in [1.29, 1.82) is 0 Å². The van der Waals surface area contributed by atoms with Gasteiger partial charge in [-0.2, -0.15) is 0 Å². The first-order chi connectivity index (χ1) is 10.2.